The third-order valence-corrected chi connectivity index (χ3v) is 2.43. The molecule has 1 unspecified atom stereocenters. The van der Waals surface area contributed by atoms with E-state index in [4.69, 9.17) is 15.6 Å². The Hall–Kier alpha value is -1.75. The van der Waals surface area contributed by atoms with Gasteiger partial charge in [-0.2, -0.15) is 0 Å². The van der Waals surface area contributed by atoms with Gasteiger partial charge in [-0.05, 0) is 24.1 Å². The Morgan fingerprint density at radius 1 is 1.59 bits per heavy atom. The van der Waals surface area contributed by atoms with Crippen LogP contribution in [0.25, 0.3) is 0 Å². The second kappa shape index (κ2) is 6.10. The average Bonchev–Trinajstić information content (AvgIpc) is 2.36. The molecular weight excluding hydrogens is 220 g/mol. The number of amides is 1. The molecule has 0 spiro atoms. The number of hydrogen-bond donors (Lipinski definition) is 3. The van der Waals surface area contributed by atoms with Gasteiger partial charge in [0.25, 0.3) is 5.91 Å². The number of anilines is 1. The van der Waals surface area contributed by atoms with Crippen LogP contribution in [0.2, 0.25) is 0 Å². The summed E-state index contributed by atoms with van der Waals surface area (Å²) in [7, 11) is 1.53. The summed E-state index contributed by atoms with van der Waals surface area (Å²) in [5, 5.41) is 11.6. The van der Waals surface area contributed by atoms with Crippen molar-refractivity contribution in [1.29, 1.82) is 0 Å². The minimum atomic E-state index is -0.262. The Morgan fingerprint density at radius 3 is 2.88 bits per heavy atom. The maximum atomic E-state index is 11.8. The summed E-state index contributed by atoms with van der Waals surface area (Å²) in [6.45, 7) is 2.29. The number of aliphatic hydroxyl groups is 1. The smallest absolute Gasteiger partial charge is 0.253 e. The van der Waals surface area contributed by atoms with E-state index in [0.29, 0.717) is 23.5 Å². The van der Waals surface area contributed by atoms with Crippen LogP contribution in [0.1, 0.15) is 17.3 Å². The first kappa shape index (κ1) is 13.3. The predicted octanol–water partition coefficient (Wildman–Crippen LogP) is 0.636. The Kier molecular flexibility index (Phi) is 4.78. The van der Waals surface area contributed by atoms with E-state index in [0.717, 1.165) is 0 Å². The topological polar surface area (TPSA) is 84.6 Å². The Labute approximate surface area is 101 Å². The molecule has 1 aromatic carbocycles. The minimum Gasteiger partial charge on any atom is -0.497 e. The van der Waals surface area contributed by atoms with Crippen LogP contribution in [0, 0.1) is 5.92 Å². The zero-order valence-corrected chi connectivity index (χ0v) is 10.1. The zero-order valence-electron chi connectivity index (χ0n) is 10.1. The third-order valence-electron chi connectivity index (χ3n) is 2.43. The molecule has 0 aliphatic heterocycles. The lowest BCUT2D eigenvalue weighted by Gasteiger charge is -2.11. The average molecular weight is 238 g/mol. The van der Waals surface area contributed by atoms with Gasteiger partial charge in [-0.25, -0.2) is 0 Å². The molecule has 1 rings (SSSR count). The molecule has 5 heteroatoms. The van der Waals surface area contributed by atoms with E-state index in [1.54, 1.807) is 18.2 Å². The van der Waals surface area contributed by atoms with Crippen LogP contribution >= 0.6 is 0 Å². The van der Waals surface area contributed by atoms with Crippen molar-refractivity contribution in [2.45, 2.75) is 6.92 Å². The molecule has 1 aromatic rings. The maximum Gasteiger partial charge on any atom is 0.253 e. The van der Waals surface area contributed by atoms with E-state index >= 15 is 0 Å². The molecule has 4 N–H and O–H groups in total. The molecule has 0 radical (unpaired) electrons. The number of nitrogen functional groups attached to an aromatic ring is 1. The summed E-state index contributed by atoms with van der Waals surface area (Å²) in [6.07, 6.45) is 0. The molecule has 5 nitrogen and oxygen atoms in total. The Balaban J connectivity index is 2.74. The molecular formula is C12H18N2O3. The summed E-state index contributed by atoms with van der Waals surface area (Å²) in [6, 6.07) is 4.92. The molecule has 0 aromatic heterocycles. The summed E-state index contributed by atoms with van der Waals surface area (Å²) < 4.78 is 5.03. The molecule has 0 fully saturated rings. The van der Waals surface area contributed by atoms with E-state index in [2.05, 4.69) is 5.32 Å². The second-order valence-electron chi connectivity index (χ2n) is 3.95. The molecule has 0 aliphatic carbocycles. The molecule has 17 heavy (non-hydrogen) atoms. The quantitative estimate of drug-likeness (QED) is 0.657. The number of benzene rings is 1. The van der Waals surface area contributed by atoms with E-state index in [9.17, 15) is 4.79 Å². The largest absolute Gasteiger partial charge is 0.497 e. The minimum absolute atomic E-state index is 0.0192. The fourth-order valence-electron chi connectivity index (χ4n) is 1.29. The molecule has 0 saturated carbocycles. The van der Waals surface area contributed by atoms with Crippen LogP contribution in [0.4, 0.5) is 5.69 Å². The summed E-state index contributed by atoms with van der Waals surface area (Å²) >= 11 is 0. The first-order valence-corrected chi connectivity index (χ1v) is 5.41. The van der Waals surface area contributed by atoms with Crippen LogP contribution in [0.15, 0.2) is 18.2 Å². The third kappa shape index (κ3) is 3.64. The van der Waals surface area contributed by atoms with E-state index in [-0.39, 0.29) is 18.4 Å². The fraction of sp³-hybridized carbons (Fsp3) is 0.417. The lowest BCUT2D eigenvalue weighted by atomic mass is 10.1. The number of hydrogen-bond acceptors (Lipinski definition) is 4. The molecule has 0 bridgehead atoms. The standard InChI is InChI=1S/C12H18N2O3/c1-8(7-15)6-14-12(16)10-5-9(17-2)3-4-11(10)13/h3-5,8,15H,6-7,13H2,1-2H3,(H,14,16). The van der Waals surface area contributed by atoms with Gasteiger partial charge in [0.1, 0.15) is 5.75 Å². The number of rotatable bonds is 5. The van der Waals surface area contributed by atoms with Gasteiger partial charge in [0.2, 0.25) is 0 Å². The van der Waals surface area contributed by atoms with Crippen molar-refractivity contribution >= 4 is 11.6 Å². The van der Waals surface area contributed by atoms with Crippen LogP contribution in [-0.2, 0) is 0 Å². The van der Waals surface area contributed by atoms with Crippen LogP contribution in [0.3, 0.4) is 0 Å². The van der Waals surface area contributed by atoms with Crippen molar-refractivity contribution in [3.05, 3.63) is 23.8 Å². The lowest BCUT2D eigenvalue weighted by molar-refractivity contribution is 0.0943. The first-order valence-electron chi connectivity index (χ1n) is 5.41. The lowest BCUT2D eigenvalue weighted by Crippen LogP contribution is -2.30. The highest BCUT2D eigenvalue weighted by Crippen LogP contribution is 2.19. The number of nitrogens with one attached hydrogen (secondary N) is 1. The van der Waals surface area contributed by atoms with Crippen molar-refractivity contribution in [3.8, 4) is 5.75 Å². The van der Waals surface area contributed by atoms with Crippen molar-refractivity contribution in [3.63, 3.8) is 0 Å². The van der Waals surface area contributed by atoms with Crippen molar-refractivity contribution in [2.75, 3.05) is 26.0 Å². The summed E-state index contributed by atoms with van der Waals surface area (Å²) in [5.41, 5.74) is 6.50. The molecule has 1 amide bonds. The Bertz CT molecular complexity index is 393. The van der Waals surface area contributed by atoms with Crippen molar-refractivity contribution < 1.29 is 14.6 Å². The summed E-state index contributed by atoms with van der Waals surface area (Å²) in [5.74, 6) is 0.340. The van der Waals surface area contributed by atoms with Crippen LogP contribution in [-0.4, -0.2) is 31.3 Å². The second-order valence-corrected chi connectivity index (χ2v) is 3.95. The number of aliphatic hydroxyl groups excluding tert-OH is 1. The summed E-state index contributed by atoms with van der Waals surface area (Å²) in [4.78, 5) is 11.8. The van der Waals surface area contributed by atoms with E-state index in [1.165, 1.54) is 7.11 Å². The molecule has 0 saturated heterocycles. The van der Waals surface area contributed by atoms with Crippen LogP contribution < -0.4 is 15.8 Å². The van der Waals surface area contributed by atoms with Gasteiger partial charge in [-0.3, -0.25) is 4.79 Å². The predicted molar refractivity (Wildman–Crippen MR) is 66.0 cm³/mol. The highest BCUT2D eigenvalue weighted by atomic mass is 16.5. The SMILES string of the molecule is COc1ccc(N)c(C(=O)NCC(C)CO)c1. The van der Waals surface area contributed by atoms with Gasteiger partial charge in [0.15, 0.2) is 0 Å². The normalized spacial score (nSPS) is 11.9. The van der Waals surface area contributed by atoms with Crippen molar-refractivity contribution in [1.82, 2.24) is 5.32 Å². The number of nitrogens with two attached hydrogens (primary N) is 1. The highest BCUT2D eigenvalue weighted by Gasteiger charge is 2.11. The maximum absolute atomic E-state index is 11.8. The molecule has 94 valence electrons. The van der Waals surface area contributed by atoms with Gasteiger partial charge in [0.05, 0.1) is 12.7 Å². The highest BCUT2D eigenvalue weighted by molar-refractivity contribution is 5.99. The monoisotopic (exact) mass is 238 g/mol. The molecule has 0 heterocycles. The molecule has 1 atom stereocenters. The number of carbonyl (C=O) groups excluding carboxylic acids is 1. The first-order chi connectivity index (χ1) is 8.08. The van der Waals surface area contributed by atoms with Gasteiger partial charge < -0.3 is 20.9 Å². The van der Waals surface area contributed by atoms with Gasteiger partial charge >= 0.3 is 0 Å². The Morgan fingerprint density at radius 2 is 2.29 bits per heavy atom. The fourth-order valence-corrected chi connectivity index (χ4v) is 1.29. The van der Waals surface area contributed by atoms with Gasteiger partial charge in [-0.15, -0.1) is 0 Å². The van der Waals surface area contributed by atoms with Gasteiger partial charge in [0, 0.05) is 18.8 Å². The van der Waals surface area contributed by atoms with Gasteiger partial charge in [-0.1, -0.05) is 6.92 Å². The van der Waals surface area contributed by atoms with Crippen molar-refractivity contribution in [2.24, 2.45) is 5.92 Å². The number of carbonyl (C=O) groups is 1. The number of methoxy groups -OCH3 is 1. The zero-order chi connectivity index (χ0) is 12.8. The number of ether oxygens (including phenoxy) is 1. The van der Waals surface area contributed by atoms with Crippen LogP contribution in [0.5, 0.6) is 5.75 Å². The molecule has 0 aliphatic rings. The van der Waals surface area contributed by atoms with E-state index in [1.807, 2.05) is 6.92 Å². The van der Waals surface area contributed by atoms with E-state index < -0.39 is 0 Å².